The van der Waals surface area contributed by atoms with Gasteiger partial charge in [-0.15, -0.1) is 5.73 Å². The molecule has 0 saturated heterocycles. The minimum absolute atomic E-state index is 0.351. The maximum Gasteiger partial charge on any atom is 0.338 e. The first-order valence-corrected chi connectivity index (χ1v) is 3.83. The van der Waals surface area contributed by atoms with Gasteiger partial charge in [0.05, 0.1) is 12.7 Å². The molecule has 0 aliphatic rings. The van der Waals surface area contributed by atoms with Crippen molar-refractivity contribution >= 4 is 5.97 Å². The first-order valence-electron chi connectivity index (χ1n) is 3.83. The summed E-state index contributed by atoms with van der Waals surface area (Å²) in [6, 6.07) is 0. The van der Waals surface area contributed by atoms with Gasteiger partial charge in [-0.1, -0.05) is 26.3 Å². The molecular weight excluding hydrogens is 140 g/mol. The Morgan fingerprint density at radius 2 is 2.36 bits per heavy atom. The number of hydrogen-bond donors (Lipinski definition) is 0. The van der Waals surface area contributed by atoms with Crippen LogP contribution in [-0.2, 0) is 9.53 Å². The average Bonchev–Trinajstić information content (AvgIpc) is 1.99. The van der Waals surface area contributed by atoms with Crippen LogP contribution in [0.15, 0.2) is 18.4 Å². The summed E-state index contributed by atoms with van der Waals surface area (Å²) in [5.74, 6) is -0.351. The van der Waals surface area contributed by atoms with Gasteiger partial charge in [-0.25, -0.2) is 4.79 Å². The maximum absolute atomic E-state index is 10.6. The zero-order valence-corrected chi connectivity index (χ0v) is 6.93. The Morgan fingerprint density at radius 3 is 2.91 bits per heavy atom. The van der Waals surface area contributed by atoms with Gasteiger partial charge in [0.15, 0.2) is 0 Å². The minimum atomic E-state index is -0.351. The third kappa shape index (κ3) is 6.88. The summed E-state index contributed by atoms with van der Waals surface area (Å²) in [5.41, 5.74) is 2.36. The van der Waals surface area contributed by atoms with E-state index in [9.17, 15) is 4.79 Å². The van der Waals surface area contributed by atoms with Gasteiger partial charge in [0, 0.05) is 0 Å². The number of carbonyl (C=O) groups excluding carboxylic acids is 1. The Bertz CT molecular complexity index is 155. The molecule has 0 bridgehead atoms. The summed E-state index contributed by atoms with van der Waals surface area (Å²) < 4.78 is 4.79. The van der Waals surface area contributed by atoms with Crippen molar-refractivity contribution in [2.75, 3.05) is 6.61 Å². The van der Waals surface area contributed by atoms with Crippen molar-refractivity contribution in [1.82, 2.24) is 0 Å². The molecule has 0 N–H and O–H groups in total. The monoisotopic (exact) mass is 154 g/mol. The molecule has 0 atom stereocenters. The Labute approximate surface area is 67.6 Å². The smallest absolute Gasteiger partial charge is 0.338 e. The van der Waals surface area contributed by atoms with Crippen LogP contribution in [0.5, 0.6) is 0 Å². The molecule has 2 nitrogen and oxygen atoms in total. The summed E-state index contributed by atoms with van der Waals surface area (Å²) in [4.78, 5) is 10.6. The predicted molar refractivity (Wildman–Crippen MR) is 44.2 cm³/mol. The van der Waals surface area contributed by atoms with Crippen LogP contribution in [0.25, 0.3) is 0 Å². The largest absolute Gasteiger partial charge is 0.462 e. The van der Waals surface area contributed by atoms with Gasteiger partial charge < -0.3 is 4.74 Å². The van der Waals surface area contributed by atoms with Gasteiger partial charge in [0.1, 0.15) is 0 Å². The third-order valence-corrected chi connectivity index (χ3v) is 1.21. The second kappa shape index (κ2) is 7.10. The first-order chi connectivity index (χ1) is 5.31. The Balaban J connectivity index is 3.24. The SMILES string of the molecule is C=C=CC(=O)OCCCCC. The Hall–Kier alpha value is -1.01. The van der Waals surface area contributed by atoms with E-state index in [1.165, 1.54) is 6.08 Å². The molecule has 0 radical (unpaired) electrons. The van der Waals surface area contributed by atoms with Gasteiger partial charge in [-0.05, 0) is 6.42 Å². The molecular formula is C9H14O2. The highest BCUT2D eigenvalue weighted by Crippen LogP contribution is 1.94. The number of rotatable bonds is 5. The standard InChI is InChI=1S/C9H14O2/c1-3-5-6-8-11-9(10)7-4-2/h7H,2-3,5-6,8H2,1H3. The van der Waals surface area contributed by atoms with E-state index in [1.807, 2.05) is 0 Å². The van der Waals surface area contributed by atoms with E-state index < -0.39 is 0 Å². The molecule has 0 aliphatic heterocycles. The number of carbonyl (C=O) groups is 1. The maximum atomic E-state index is 10.6. The summed E-state index contributed by atoms with van der Waals surface area (Å²) in [5, 5.41) is 0. The van der Waals surface area contributed by atoms with E-state index in [4.69, 9.17) is 4.74 Å². The molecule has 0 unspecified atom stereocenters. The van der Waals surface area contributed by atoms with Crippen molar-refractivity contribution in [3.05, 3.63) is 18.4 Å². The summed E-state index contributed by atoms with van der Waals surface area (Å²) in [6.07, 6.45) is 4.37. The number of ether oxygens (including phenoxy) is 1. The fraction of sp³-hybridized carbons (Fsp3) is 0.556. The molecule has 0 aromatic carbocycles. The van der Waals surface area contributed by atoms with E-state index >= 15 is 0 Å². The average molecular weight is 154 g/mol. The zero-order valence-electron chi connectivity index (χ0n) is 6.93. The molecule has 0 spiro atoms. The molecule has 0 rings (SSSR count). The molecule has 0 fully saturated rings. The normalized spacial score (nSPS) is 8.45. The Morgan fingerprint density at radius 1 is 1.64 bits per heavy atom. The summed E-state index contributed by atoms with van der Waals surface area (Å²) in [7, 11) is 0. The van der Waals surface area contributed by atoms with Crippen LogP contribution in [0.4, 0.5) is 0 Å². The fourth-order valence-corrected chi connectivity index (χ4v) is 0.650. The minimum Gasteiger partial charge on any atom is -0.462 e. The van der Waals surface area contributed by atoms with E-state index in [-0.39, 0.29) is 5.97 Å². The van der Waals surface area contributed by atoms with Crippen molar-refractivity contribution in [3.63, 3.8) is 0 Å². The van der Waals surface area contributed by atoms with Crippen LogP contribution >= 0.6 is 0 Å². The van der Waals surface area contributed by atoms with Crippen LogP contribution in [0.1, 0.15) is 26.2 Å². The van der Waals surface area contributed by atoms with E-state index in [1.54, 1.807) is 0 Å². The van der Waals surface area contributed by atoms with Gasteiger partial charge in [0.25, 0.3) is 0 Å². The molecule has 0 amide bonds. The lowest BCUT2D eigenvalue weighted by molar-refractivity contribution is -0.137. The van der Waals surface area contributed by atoms with Gasteiger partial charge in [0.2, 0.25) is 0 Å². The first kappa shape index (κ1) is 9.99. The third-order valence-electron chi connectivity index (χ3n) is 1.21. The van der Waals surface area contributed by atoms with Crippen LogP contribution in [0, 0.1) is 0 Å². The fourth-order valence-electron chi connectivity index (χ4n) is 0.650. The van der Waals surface area contributed by atoms with Gasteiger partial charge >= 0.3 is 5.97 Å². The van der Waals surface area contributed by atoms with Crippen molar-refractivity contribution < 1.29 is 9.53 Å². The van der Waals surface area contributed by atoms with E-state index in [2.05, 4.69) is 19.2 Å². The second-order valence-corrected chi connectivity index (χ2v) is 2.22. The highest BCUT2D eigenvalue weighted by molar-refractivity contribution is 5.81. The lowest BCUT2D eigenvalue weighted by Crippen LogP contribution is -2.01. The number of unbranched alkanes of at least 4 members (excludes halogenated alkanes) is 2. The molecule has 0 saturated carbocycles. The van der Waals surface area contributed by atoms with E-state index in [0.29, 0.717) is 6.61 Å². The van der Waals surface area contributed by atoms with Crippen LogP contribution in [0.2, 0.25) is 0 Å². The van der Waals surface area contributed by atoms with Crippen molar-refractivity contribution in [3.8, 4) is 0 Å². The zero-order chi connectivity index (χ0) is 8.53. The van der Waals surface area contributed by atoms with Crippen molar-refractivity contribution in [1.29, 1.82) is 0 Å². The van der Waals surface area contributed by atoms with Gasteiger partial charge in [-0.2, -0.15) is 0 Å². The predicted octanol–water partition coefficient (Wildman–Crippen LogP) is 2.06. The lowest BCUT2D eigenvalue weighted by atomic mass is 10.3. The second-order valence-electron chi connectivity index (χ2n) is 2.22. The molecule has 0 heterocycles. The molecule has 0 aromatic heterocycles. The molecule has 0 aliphatic carbocycles. The molecule has 0 aromatic rings. The molecule has 2 heteroatoms. The van der Waals surface area contributed by atoms with Crippen LogP contribution in [0.3, 0.4) is 0 Å². The number of hydrogen-bond acceptors (Lipinski definition) is 2. The van der Waals surface area contributed by atoms with E-state index in [0.717, 1.165) is 19.3 Å². The lowest BCUT2D eigenvalue weighted by Gasteiger charge is -1.98. The van der Waals surface area contributed by atoms with Crippen LogP contribution in [-0.4, -0.2) is 12.6 Å². The molecule has 62 valence electrons. The molecule has 11 heavy (non-hydrogen) atoms. The summed E-state index contributed by atoms with van der Waals surface area (Å²) >= 11 is 0. The quantitative estimate of drug-likeness (QED) is 0.262. The Kier molecular flexibility index (Phi) is 6.45. The topological polar surface area (TPSA) is 26.3 Å². The van der Waals surface area contributed by atoms with Crippen molar-refractivity contribution in [2.24, 2.45) is 0 Å². The van der Waals surface area contributed by atoms with Crippen LogP contribution < -0.4 is 0 Å². The van der Waals surface area contributed by atoms with Crippen molar-refractivity contribution in [2.45, 2.75) is 26.2 Å². The van der Waals surface area contributed by atoms with Gasteiger partial charge in [-0.3, -0.25) is 0 Å². The highest BCUT2D eigenvalue weighted by Gasteiger charge is 1.93. The summed E-state index contributed by atoms with van der Waals surface area (Å²) in [6.45, 7) is 5.87. The highest BCUT2D eigenvalue weighted by atomic mass is 16.5. The number of esters is 1.